The van der Waals surface area contributed by atoms with Crippen LogP contribution in [0.2, 0.25) is 10.0 Å². The summed E-state index contributed by atoms with van der Waals surface area (Å²) in [6.07, 6.45) is 1.20. The minimum absolute atomic E-state index is 0.121. The number of hydrogen-bond acceptors (Lipinski definition) is 4. The van der Waals surface area contributed by atoms with E-state index in [0.717, 1.165) is 17.1 Å². The third-order valence-electron chi connectivity index (χ3n) is 4.45. The van der Waals surface area contributed by atoms with Crippen molar-refractivity contribution < 1.29 is 9.53 Å². The Hall–Kier alpha value is -2.76. The van der Waals surface area contributed by atoms with Crippen molar-refractivity contribution in [3.8, 4) is 5.75 Å². The van der Waals surface area contributed by atoms with E-state index in [4.69, 9.17) is 27.9 Å². The van der Waals surface area contributed by atoms with Gasteiger partial charge in [-0.3, -0.25) is 14.7 Å². The number of ether oxygens (including phenoxy) is 1. The summed E-state index contributed by atoms with van der Waals surface area (Å²) in [5.74, 6) is 0.632. The third kappa shape index (κ3) is 3.39. The molecule has 0 unspecified atom stereocenters. The molecule has 142 valence electrons. The van der Waals surface area contributed by atoms with Gasteiger partial charge in [-0.1, -0.05) is 23.2 Å². The topological polar surface area (TPSA) is 54.5 Å². The molecule has 1 amide bonds. The number of carbonyl (C=O) groups is 1. The summed E-state index contributed by atoms with van der Waals surface area (Å²) in [5.41, 5.74) is 2.70. The maximum atomic E-state index is 13.1. The van der Waals surface area contributed by atoms with Crippen LogP contribution in [0.15, 0.2) is 60.8 Å². The van der Waals surface area contributed by atoms with Crippen molar-refractivity contribution in [1.82, 2.24) is 4.98 Å². The number of aromatic nitrogens is 1. The predicted octanol–water partition coefficient (Wildman–Crippen LogP) is 5.56. The molecule has 0 spiro atoms. The first-order valence-electron chi connectivity index (χ1n) is 8.81. The van der Waals surface area contributed by atoms with E-state index in [1.54, 1.807) is 35.4 Å². The largest absolute Gasteiger partial charge is 0.494 e. The van der Waals surface area contributed by atoms with Gasteiger partial charge >= 0.3 is 0 Å². The normalized spacial score (nSPS) is 15.5. The van der Waals surface area contributed by atoms with Crippen molar-refractivity contribution in [2.45, 2.75) is 13.1 Å². The molecule has 4 rings (SSSR count). The highest BCUT2D eigenvalue weighted by atomic mass is 35.5. The van der Waals surface area contributed by atoms with Gasteiger partial charge in [-0.25, -0.2) is 0 Å². The lowest BCUT2D eigenvalue weighted by Gasteiger charge is -2.27. The number of hydrogen-bond donors (Lipinski definition) is 1. The number of nitrogens with zero attached hydrogens (tertiary/aromatic N) is 2. The summed E-state index contributed by atoms with van der Waals surface area (Å²) in [5, 5.41) is 4.26. The van der Waals surface area contributed by atoms with Crippen molar-refractivity contribution in [3.05, 3.63) is 82.1 Å². The van der Waals surface area contributed by atoms with Crippen LogP contribution >= 0.6 is 23.2 Å². The van der Waals surface area contributed by atoms with Gasteiger partial charge in [-0.05, 0) is 61.5 Å². The Morgan fingerprint density at radius 2 is 1.89 bits per heavy atom. The number of nitrogens with one attached hydrogen (secondary N) is 1. The average molecular weight is 414 g/mol. The monoisotopic (exact) mass is 413 g/mol. The zero-order chi connectivity index (χ0) is 19.7. The Labute approximate surface area is 172 Å². The van der Waals surface area contributed by atoms with Gasteiger partial charge in [0.25, 0.3) is 5.91 Å². The Bertz CT molecular complexity index is 1020. The molecule has 0 fully saturated rings. The van der Waals surface area contributed by atoms with Gasteiger partial charge in [0.2, 0.25) is 0 Å². The highest BCUT2D eigenvalue weighted by Crippen LogP contribution is 2.38. The molecule has 0 saturated heterocycles. The van der Waals surface area contributed by atoms with Crippen molar-refractivity contribution in [2.24, 2.45) is 0 Å². The van der Waals surface area contributed by atoms with Gasteiger partial charge in [0.05, 0.1) is 27.9 Å². The van der Waals surface area contributed by atoms with Gasteiger partial charge in [-0.15, -0.1) is 0 Å². The number of amides is 1. The van der Waals surface area contributed by atoms with Gasteiger partial charge in [0.1, 0.15) is 5.75 Å². The number of fused-ring (bicyclic) bond motifs is 1. The molecule has 2 heterocycles. The zero-order valence-corrected chi connectivity index (χ0v) is 16.5. The van der Waals surface area contributed by atoms with Crippen LogP contribution in [0.25, 0.3) is 0 Å². The second-order valence-corrected chi connectivity index (χ2v) is 7.03. The van der Waals surface area contributed by atoms with Crippen LogP contribution < -0.4 is 15.0 Å². The molecule has 0 aliphatic carbocycles. The molecule has 0 radical (unpaired) electrons. The quantitative estimate of drug-likeness (QED) is 0.594. The Kier molecular flexibility index (Phi) is 5.11. The van der Waals surface area contributed by atoms with Crippen LogP contribution in [-0.2, 0) is 0 Å². The fourth-order valence-corrected chi connectivity index (χ4v) is 3.50. The first-order chi connectivity index (χ1) is 13.6. The second-order valence-electron chi connectivity index (χ2n) is 6.21. The van der Waals surface area contributed by atoms with E-state index in [0.29, 0.717) is 27.9 Å². The minimum Gasteiger partial charge on any atom is -0.494 e. The predicted molar refractivity (Wildman–Crippen MR) is 111 cm³/mol. The van der Waals surface area contributed by atoms with Gasteiger partial charge in [0.15, 0.2) is 6.17 Å². The lowest BCUT2D eigenvalue weighted by molar-refractivity contribution is 0.0993. The molecule has 2 aromatic carbocycles. The van der Waals surface area contributed by atoms with Crippen LogP contribution in [0.1, 0.15) is 29.1 Å². The first kappa shape index (κ1) is 18.6. The zero-order valence-electron chi connectivity index (χ0n) is 15.0. The standard InChI is InChI=1S/C21H17Cl2N3O2/c1-2-28-15-8-6-14(7-9-15)26-20(19-16(21(26)27)4-3-11-24-19)25-13-5-10-17(22)18(23)12-13/h3-12,20,25H,2H2,1H3/t20-/m1/s1. The highest BCUT2D eigenvalue weighted by molar-refractivity contribution is 6.42. The van der Waals surface area contributed by atoms with Crippen LogP contribution in [0.5, 0.6) is 5.75 Å². The summed E-state index contributed by atoms with van der Waals surface area (Å²) in [6.45, 7) is 2.51. The number of pyridine rings is 1. The number of rotatable bonds is 5. The summed E-state index contributed by atoms with van der Waals surface area (Å²) < 4.78 is 5.50. The summed E-state index contributed by atoms with van der Waals surface area (Å²) in [4.78, 5) is 19.2. The fraction of sp³-hybridized carbons (Fsp3) is 0.143. The first-order valence-corrected chi connectivity index (χ1v) is 9.57. The van der Waals surface area contributed by atoms with Crippen molar-refractivity contribution >= 4 is 40.5 Å². The summed E-state index contributed by atoms with van der Waals surface area (Å²) in [6, 6.07) is 16.2. The number of halogens is 2. The van der Waals surface area contributed by atoms with Crippen LogP contribution in [0.4, 0.5) is 11.4 Å². The molecule has 0 bridgehead atoms. The van der Waals surface area contributed by atoms with E-state index in [1.165, 1.54) is 0 Å². The van der Waals surface area contributed by atoms with Crippen molar-refractivity contribution in [2.75, 3.05) is 16.8 Å². The van der Waals surface area contributed by atoms with Gasteiger partial charge in [-0.2, -0.15) is 0 Å². The maximum Gasteiger partial charge on any atom is 0.262 e. The molecular weight excluding hydrogens is 397 g/mol. The SMILES string of the molecule is CCOc1ccc(N2C(=O)c3cccnc3[C@@H]2Nc2ccc(Cl)c(Cl)c2)cc1. The van der Waals surface area contributed by atoms with Crippen molar-refractivity contribution in [1.29, 1.82) is 0 Å². The maximum absolute atomic E-state index is 13.1. The number of benzene rings is 2. The van der Waals surface area contributed by atoms with Gasteiger partial charge in [0, 0.05) is 17.6 Å². The Morgan fingerprint density at radius 3 is 2.61 bits per heavy atom. The van der Waals surface area contributed by atoms with E-state index < -0.39 is 6.17 Å². The van der Waals surface area contributed by atoms with Crippen LogP contribution in [0.3, 0.4) is 0 Å². The Balaban J connectivity index is 1.72. The molecule has 1 aliphatic rings. The molecule has 28 heavy (non-hydrogen) atoms. The second kappa shape index (κ2) is 7.70. The molecule has 1 atom stereocenters. The molecule has 7 heteroatoms. The highest BCUT2D eigenvalue weighted by Gasteiger charge is 2.39. The lowest BCUT2D eigenvalue weighted by atomic mass is 10.2. The average Bonchev–Trinajstić information content (AvgIpc) is 2.98. The lowest BCUT2D eigenvalue weighted by Crippen LogP contribution is -2.32. The fourth-order valence-electron chi connectivity index (χ4n) is 3.20. The number of carbonyl (C=O) groups excluding carboxylic acids is 1. The van der Waals surface area contributed by atoms with Crippen LogP contribution in [0, 0.1) is 0 Å². The molecule has 5 nitrogen and oxygen atoms in total. The summed E-state index contributed by atoms with van der Waals surface area (Å²) >= 11 is 12.2. The van der Waals surface area contributed by atoms with E-state index >= 15 is 0 Å². The van der Waals surface area contributed by atoms with E-state index in [9.17, 15) is 4.79 Å². The minimum atomic E-state index is -0.473. The van der Waals surface area contributed by atoms with Crippen LogP contribution in [-0.4, -0.2) is 17.5 Å². The molecule has 1 N–H and O–H groups in total. The third-order valence-corrected chi connectivity index (χ3v) is 5.19. The smallest absolute Gasteiger partial charge is 0.262 e. The molecule has 3 aromatic rings. The molecule has 1 aromatic heterocycles. The molecule has 0 saturated carbocycles. The Morgan fingerprint density at radius 1 is 1.11 bits per heavy atom. The van der Waals surface area contributed by atoms with Crippen molar-refractivity contribution in [3.63, 3.8) is 0 Å². The molecular formula is C21H17Cl2N3O2. The summed E-state index contributed by atoms with van der Waals surface area (Å²) in [7, 11) is 0. The van der Waals surface area contributed by atoms with E-state index in [2.05, 4.69) is 10.3 Å². The number of anilines is 2. The molecule has 1 aliphatic heterocycles. The van der Waals surface area contributed by atoms with E-state index in [1.807, 2.05) is 37.3 Å². The van der Waals surface area contributed by atoms with Gasteiger partial charge < -0.3 is 10.1 Å². The van der Waals surface area contributed by atoms with E-state index in [-0.39, 0.29) is 5.91 Å².